The second kappa shape index (κ2) is 8.04. The standard InChI is InChI=1S/C25H26N2O/c1-3-19-9-10-24-23(16-19)22(17-26-24)15-20-11-13-27(14-12-20)25(18(2)28)21-7-5-4-6-8-21/h1,4-10,16-17,20,25-26H,11-15H2,2H3. The molecule has 1 N–H and O–H groups in total. The second-order valence-electron chi connectivity index (χ2n) is 7.83. The average molecular weight is 370 g/mol. The van der Waals surface area contributed by atoms with Crippen molar-refractivity contribution in [1.82, 2.24) is 9.88 Å². The van der Waals surface area contributed by atoms with E-state index < -0.39 is 0 Å². The number of carbonyl (C=O) groups excluding carboxylic acids is 1. The molecule has 2 heterocycles. The SMILES string of the molecule is C#Cc1ccc2[nH]cc(CC3CCN(C(C(C)=O)c4ccccc4)CC3)c2c1. The van der Waals surface area contributed by atoms with Crippen LogP contribution in [0.5, 0.6) is 0 Å². The lowest BCUT2D eigenvalue weighted by molar-refractivity contribution is -0.123. The van der Waals surface area contributed by atoms with E-state index in [0.717, 1.165) is 49.0 Å². The molecule has 3 aromatic rings. The molecule has 1 fully saturated rings. The number of aromatic nitrogens is 1. The number of carbonyl (C=O) groups is 1. The van der Waals surface area contributed by atoms with Crippen LogP contribution in [0.25, 0.3) is 10.9 Å². The van der Waals surface area contributed by atoms with E-state index >= 15 is 0 Å². The fourth-order valence-electron chi connectivity index (χ4n) is 4.50. The number of likely N-dealkylation sites (tertiary alicyclic amines) is 1. The predicted molar refractivity (Wildman–Crippen MR) is 114 cm³/mol. The van der Waals surface area contributed by atoms with Crippen LogP contribution in [0.1, 0.15) is 42.5 Å². The van der Waals surface area contributed by atoms with Crippen molar-refractivity contribution >= 4 is 16.7 Å². The number of hydrogen-bond donors (Lipinski definition) is 1. The minimum Gasteiger partial charge on any atom is -0.361 e. The Morgan fingerprint density at radius 3 is 2.64 bits per heavy atom. The van der Waals surface area contributed by atoms with Gasteiger partial charge in [0.1, 0.15) is 0 Å². The third-order valence-electron chi connectivity index (χ3n) is 5.96. The third-order valence-corrected chi connectivity index (χ3v) is 5.96. The Morgan fingerprint density at radius 2 is 1.96 bits per heavy atom. The van der Waals surface area contributed by atoms with Crippen molar-refractivity contribution in [3.63, 3.8) is 0 Å². The first kappa shape index (κ1) is 18.5. The summed E-state index contributed by atoms with van der Waals surface area (Å²) in [6.45, 7) is 3.63. The summed E-state index contributed by atoms with van der Waals surface area (Å²) in [5.41, 5.74) is 4.52. The number of fused-ring (bicyclic) bond motifs is 1. The van der Waals surface area contributed by atoms with Gasteiger partial charge in [-0.3, -0.25) is 9.69 Å². The lowest BCUT2D eigenvalue weighted by Gasteiger charge is -2.36. The van der Waals surface area contributed by atoms with Crippen molar-refractivity contribution in [3.05, 3.63) is 71.4 Å². The van der Waals surface area contributed by atoms with Gasteiger partial charge in [0.05, 0.1) is 6.04 Å². The molecule has 0 saturated carbocycles. The molecule has 0 bridgehead atoms. The number of terminal acetylenes is 1. The molecule has 28 heavy (non-hydrogen) atoms. The van der Waals surface area contributed by atoms with Gasteiger partial charge in [0, 0.05) is 22.7 Å². The molecule has 1 aliphatic heterocycles. The van der Waals surface area contributed by atoms with Gasteiger partial charge in [0.15, 0.2) is 5.78 Å². The van der Waals surface area contributed by atoms with Crippen molar-refractivity contribution in [2.45, 2.75) is 32.2 Å². The number of Topliss-reactive ketones (excluding diaryl/α,β-unsaturated/α-hetero) is 1. The normalized spacial score (nSPS) is 16.7. The summed E-state index contributed by atoms with van der Waals surface area (Å²) in [4.78, 5) is 18.0. The van der Waals surface area contributed by atoms with Gasteiger partial charge in [-0.1, -0.05) is 36.3 Å². The smallest absolute Gasteiger partial charge is 0.151 e. The zero-order valence-corrected chi connectivity index (χ0v) is 16.3. The first-order valence-electron chi connectivity index (χ1n) is 10.0. The number of nitrogens with one attached hydrogen (secondary N) is 1. The topological polar surface area (TPSA) is 36.1 Å². The molecule has 1 aliphatic rings. The lowest BCUT2D eigenvalue weighted by atomic mass is 9.88. The van der Waals surface area contributed by atoms with E-state index in [2.05, 4.69) is 46.3 Å². The molecular formula is C25H26N2O. The van der Waals surface area contributed by atoms with Gasteiger partial charge >= 0.3 is 0 Å². The Labute approximate surface area is 166 Å². The molecule has 0 aliphatic carbocycles. The molecule has 0 spiro atoms. The molecular weight excluding hydrogens is 344 g/mol. The quantitative estimate of drug-likeness (QED) is 0.659. The number of piperidine rings is 1. The molecule has 0 amide bonds. The van der Waals surface area contributed by atoms with E-state index in [1.807, 2.05) is 24.3 Å². The van der Waals surface area contributed by atoms with Crippen LogP contribution in [0.2, 0.25) is 0 Å². The molecule has 0 radical (unpaired) electrons. The van der Waals surface area contributed by atoms with Crippen LogP contribution in [0.15, 0.2) is 54.7 Å². The predicted octanol–water partition coefficient (Wildman–Crippen LogP) is 4.73. The zero-order valence-electron chi connectivity index (χ0n) is 16.3. The van der Waals surface area contributed by atoms with Gasteiger partial charge in [0.2, 0.25) is 0 Å². The fourth-order valence-corrected chi connectivity index (χ4v) is 4.50. The second-order valence-corrected chi connectivity index (χ2v) is 7.83. The maximum atomic E-state index is 12.3. The summed E-state index contributed by atoms with van der Waals surface area (Å²) in [7, 11) is 0. The molecule has 142 valence electrons. The molecule has 1 aromatic heterocycles. The minimum atomic E-state index is -0.117. The molecule has 3 heteroatoms. The summed E-state index contributed by atoms with van der Waals surface area (Å²) in [5.74, 6) is 3.59. The Morgan fingerprint density at radius 1 is 1.21 bits per heavy atom. The van der Waals surface area contributed by atoms with E-state index in [1.54, 1.807) is 6.92 Å². The third kappa shape index (κ3) is 3.74. The Balaban J connectivity index is 1.44. The van der Waals surface area contributed by atoms with Crippen LogP contribution >= 0.6 is 0 Å². The van der Waals surface area contributed by atoms with Gasteiger partial charge in [0.25, 0.3) is 0 Å². The number of ketones is 1. The first-order valence-corrected chi connectivity index (χ1v) is 10.0. The average Bonchev–Trinajstić information content (AvgIpc) is 3.12. The van der Waals surface area contributed by atoms with E-state index in [1.165, 1.54) is 10.9 Å². The van der Waals surface area contributed by atoms with Gasteiger partial charge in [-0.2, -0.15) is 0 Å². The van der Waals surface area contributed by atoms with Crippen LogP contribution in [-0.4, -0.2) is 28.8 Å². The van der Waals surface area contributed by atoms with Crippen molar-refractivity contribution in [2.24, 2.45) is 5.92 Å². The fraction of sp³-hybridized carbons (Fsp3) is 0.320. The number of benzene rings is 2. The summed E-state index contributed by atoms with van der Waals surface area (Å²) in [6, 6.07) is 16.2. The van der Waals surface area contributed by atoms with Crippen LogP contribution < -0.4 is 0 Å². The van der Waals surface area contributed by atoms with E-state index in [9.17, 15) is 4.79 Å². The van der Waals surface area contributed by atoms with Crippen LogP contribution in [0.4, 0.5) is 0 Å². The van der Waals surface area contributed by atoms with Gasteiger partial charge < -0.3 is 4.98 Å². The van der Waals surface area contributed by atoms with Crippen LogP contribution in [0, 0.1) is 18.3 Å². The van der Waals surface area contributed by atoms with Crippen molar-refractivity contribution in [1.29, 1.82) is 0 Å². The summed E-state index contributed by atoms with van der Waals surface area (Å²) in [6.07, 6.45) is 11.0. The highest BCUT2D eigenvalue weighted by molar-refractivity contribution is 5.84. The van der Waals surface area contributed by atoms with E-state index in [4.69, 9.17) is 6.42 Å². The maximum absolute atomic E-state index is 12.3. The van der Waals surface area contributed by atoms with E-state index in [-0.39, 0.29) is 11.8 Å². The zero-order chi connectivity index (χ0) is 19.5. The molecule has 4 rings (SSSR count). The minimum absolute atomic E-state index is 0.117. The highest BCUT2D eigenvalue weighted by atomic mass is 16.1. The van der Waals surface area contributed by atoms with Crippen molar-refractivity contribution < 1.29 is 4.79 Å². The van der Waals surface area contributed by atoms with Crippen LogP contribution in [0.3, 0.4) is 0 Å². The highest BCUT2D eigenvalue weighted by Gasteiger charge is 2.29. The van der Waals surface area contributed by atoms with Gasteiger partial charge in [-0.15, -0.1) is 6.42 Å². The largest absolute Gasteiger partial charge is 0.361 e. The summed E-state index contributed by atoms with van der Waals surface area (Å²) >= 11 is 0. The van der Waals surface area contributed by atoms with Gasteiger partial charge in [-0.05, 0) is 74.5 Å². The number of hydrogen-bond acceptors (Lipinski definition) is 2. The summed E-state index contributed by atoms with van der Waals surface area (Å²) in [5, 5.41) is 1.24. The Hall–Kier alpha value is -2.83. The Bertz CT molecular complexity index is 1000. The molecule has 2 aromatic carbocycles. The number of H-pyrrole nitrogens is 1. The molecule has 1 unspecified atom stereocenters. The molecule has 1 saturated heterocycles. The number of aromatic amines is 1. The number of rotatable bonds is 5. The highest BCUT2D eigenvalue weighted by Crippen LogP contribution is 2.31. The van der Waals surface area contributed by atoms with Crippen LogP contribution in [-0.2, 0) is 11.2 Å². The molecule has 3 nitrogen and oxygen atoms in total. The van der Waals surface area contributed by atoms with Crippen molar-refractivity contribution in [3.8, 4) is 12.3 Å². The summed E-state index contributed by atoms with van der Waals surface area (Å²) < 4.78 is 0. The van der Waals surface area contributed by atoms with Gasteiger partial charge in [-0.25, -0.2) is 0 Å². The maximum Gasteiger partial charge on any atom is 0.151 e. The number of nitrogens with zero attached hydrogens (tertiary/aromatic N) is 1. The molecule has 1 atom stereocenters. The van der Waals surface area contributed by atoms with Crippen molar-refractivity contribution in [2.75, 3.05) is 13.1 Å². The first-order chi connectivity index (χ1) is 13.7. The lowest BCUT2D eigenvalue weighted by Crippen LogP contribution is -2.39. The van der Waals surface area contributed by atoms with E-state index in [0.29, 0.717) is 5.92 Å². The Kier molecular flexibility index (Phi) is 5.32. The monoisotopic (exact) mass is 370 g/mol.